The number of benzene rings is 2. The number of hydrogen-bond acceptors (Lipinski definition) is 8. The van der Waals surface area contributed by atoms with Crippen LogP contribution in [-0.2, 0) is 24.1 Å². The van der Waals surface area contributed by atoms with Crippen LogP contribution in [0.1, 0.15) is 45.5 Å². The molecule has 3 aromatic rings. The quantitative estimate of drug-likeness (QED) is 0.396. The molecule has 2 fully saturated rings. The van der Waals surface area contributed by atoms with E-state index in [2.05, 4.69) is 27.4 Å². The third-order valence-corrected chi connectivity index (χ3v) is 8.65. The summed E-state index contributed by atoms with van der Waals surface area (Å²) in [5, 5.41) is 5.40. The van der Waals surface area contributed by atoms with Gasteiger partial charge >= 0.3 is 12.3 Å². The second-order valence-electron chi connectivity index (χ2n) is 11.3. The minimum Gasteiger partial charge on any atom is -0.487 e. The number of nitrogens with zero attached hydrogens (tertiary/aromatic N) is 3. The molecule has 3 atom stereocenters. The van der Waals surface area contributed by atoms with Gasteiger partial charge in [-0.15, -0.1) is 0 Å². The highest BCUT2D eigenvalue weighted by atomic mass is 19.4. The van der Waals surface area contributed by atoms with E-state index in [-0.39, 0.29) is 42.3 Å². The van der Waals surface area contributed by atoms with Gasteiger partial charge in [-0.25, -0.2) is 9.78 Å². The molecule has 2 aromatic carbocycles. The Labute approximate surface area is 251 Å². The Kier molecular flexibility index (Phi) is 7.08. The summed E-state index contributed by atoms with van der Waals surface area (Å²) >= 11 is 0. The zero-order valence-electron chi connectivity index (χ0n) is 23.8. The first kappa shape index (κ1) is 28.4. The predicted octanol–water partition coefficient (Wildman–Crippen LogP) is 4.75. The van der Waals surface area contributed by atoms with Crippen LogP contribution in [0.3, 0.4) is 0 Å². The number of aromatic nitrogens is 1. The van der Waals surface area contributed by atoms with Crippen LogP contribution < -0.4 is 20.1 Å². The van der Waals surface area contributed by atoms with E-state index >= 15 is 0 Å². The number of halogens is 3. The standard InChI is InChI=1S/C31H30F3N5O5/c1-2-38-9-11-39(12-10-38)15-18-4-3-17(13-22(18)31(32,33)34)29(40)36-26-25-20-14-19(5-6-23(20)44-27(25)26)43-24-7-8-35-28-21(24)16-42-30(41)37-28/h3-8,13-14,25-27H,2,9-12,15-16H2,1H3,(H,36,40)(H,35,37,41)/t25-,26+,27-/m0/s1. The number of ether oxygens (including phenoxy) is 3. The third kappa shape index (κ3) is 5.41. The van der Waals surface area contributed by atoms with Crippen LogP contribution in [0.4, 0.5) is 23.8 Å². The molecule has 7 rings (SSSR count). The molecule has 2 amide bonds. The number of nitrogens with one attached hydrogen (secondary N) is 2. The van der Waals surface area contributed by atoms with Crippen molar-refractivity contribution in [1.29, 1.82) is 0 Å². The number of anilines is 1. The third-order valence-electron chi connectivity index (χ3n) is 8.65. The SMILES string of the molecule is CCN1CCN(Cc2ccc(C(=O)N[C@H]3[C@H]4Oc5ccc(Oc6ccnc7c6COC(=O)N7)cc5[C@@H]34)cc2C(F)(F)F)CC1. The smallest absolute Gasteiger partial charge is 0.416 e. The van der Waals surface area contributed by atoms with Gasteiger partial charge in [0.2, 0.25) is 0 Å². The molecular formula is C31H30F3N5O5. The number of alkyl halides is 3. The lowest BCUT2D eigenvalue weighted by atomic mass is 10.0. The van der Waals surface area contributed by atoms with E-state index in [1.165, 1.54) is 18.3 Å². The number of fused-ring (bicyclic) bond motifs is 4. The number of hydrogen-bond donors (Lipinski definition) is 2. The lowest BCUT2D eigenvalue weighted by Gasteiger charge is -2.34. The zero-order valence-corrected chi connectivity index (χ0v) is 23.8. The largest absolute Gasteiger partial charge is 0.487 e. The van der Waals surface area contributed by atoms with Crippen LogP contribution in [0.5, 0.6) is 17.2 Å². The first-order chi connectivity index (χ1) is 21.2. The lowest BCUT2D eigenvalue weighted by molar-refractivity contribution is -0.138. The van der Waals surface area contributed by atoms with Crippen molar-refractivity contribution >= 4 is 17.8 Å². The van der Waals surface area contributed by atoms with Gasteiger partial charge in [0.25, 0.3) is 5.91 Å². The van der Waals surface area contributed by atoms with E-state index in [1.807, 2.05) is 11.0 Å². The van der Waals surface area contributed by atoms with Crippen LogP contribution >= 0.6 is 0 Å². The van der Waals surface area contributed by atoms with E-state index in [9.17, 15) is 22.8 Å². The van der Waals surface area contributed by atoms with E-state index in [4.69, 9.17) is 14.2 Å². The summed E-state index contributed by atoms with van der Waals surface area (Å²) in [6.45, 7) is 6.23. The summed E-state index contributed by atoms with van der Waals surface area (Å²) < 4.78 is 59.4. The number of piperazine rings is 1. The van der Waals surface area contributed by atoms with Crippen molar-refractivity contribution in [2.24, 2.45) is 0 Å². The molecule has 1 aliphatic carbocycles. The number of amides is 2. The first-order valence-electron chi connectivity index (χ1n) is 14.5. The van der Waals surface area contributed by atoms with Crippen LogP contribution in [0.25, 0.3) is 0 Å². The summed E-state index contributed by atoms with van der Waals surface area (Å²) in [4.78, 5) is 33.1. The second-order valence-corrected chi connectivity index (χ2v) is 11.3. The monoisotopic (exact) mass is 609 g/mol. The number of rotatable bonds is 7. The minimum absolute atomic E-state index is 0.0180. The summed E-state index contributed by atoms with van der Waals surface area (Å²) in [5.74, 6) is 1.27. The Balaban J connectivity index is 1.03. The Hall–Kier alpha value is -4.36. The number of pyridine rings is 1. The second kappa shape index (κ2) is 11.0. The molecule has 2 N–H and O–H groups in total. The topological polar surface area (TPSA) is 105 Å². The molecule has 0 bridgehead atoms. The van der Waals surface area contributed by atoms with Crippen LogP contribution in [-0.4, -0.2) is 71.7 Å². The van der Waals surface area contributed by atoms with Crippen LogP contribution in [0.2, 0.25) is 0 Å². The van der Waals surface area contributed by atoms with Crippen molar-refractivity contribution in [3.8, 4) is 17.2 Å². The molecule has 1 aromatic heterocycles. The molecule has 230 valence electrons. The first-order valence-corrected chi connectivity index (χ1v) is 14.5. The van der Waals surface area contributed by atoms with Crippen molar-refractivity contribution in [3.63, 3.8) is 0 Å². The van der Waals surface area contributed by atoms with E-state index in [0.29, 0.717) is 41.7 Å². The maximum absolute atomic E-state index is 14.1. The van der Waals surface area contributed by atoms with Crippen LogP contribution in [0.15, 0.2) is 48.7 Å². The van der Waals surface area contributed by atoms with Gasteiger partial charge in [0.1, 0.15) is 35.8 Å². The maximum Gasteiger partial charge on any atom is 0.416 e. The van der Waals surface area contributed by atoms with E-state index in [1.54, 1.807) is 18.2 Å². The fraction of sp³-hybridized carbons (Fsp3) is 0.387. The number of carbonyl (C=O) groups is 2. The summed E-state index contributed by atoms with van der Waals surface area (Å²) in [6.07, 6.45) is -3.97. The van der Waals surface area contributed by atoms with Crippen molar-refractivity contribution in [1.82, 2.24) is 20.1 Å². The Morgan fingerprint density at radius 3 is 2.68 bits per heavy atom. The Morgan fingerprint density at radius 1 is 1.11 bits per heavy atom. The molecule has 1 saturated heterocycles. The van der Waals surface area contributed by atoms with Crippen molar-refractivity contribution < 1.29 is 37.0 Å². The number of likely N-dealkylation sites (N-methyl/N-ethyl adjacent to an activating group) is 1. The van der Waals surface area contributed by atoms with Crippen molar-refractivity contribution in [2.45, 2.75) is 44.3 Å². The van der Waals surface area contributed by atoms with E-state index in [0.717, 1.165) is 31.3 Å². The Morgan fingerprint density at radius 2 is 1.91 bits per heavy atom. The fourth-order valence-electron chi connectivity index (χ4n) is 6.15. The van der Waals surface area contributed by atoms with Gasteiger partial charge in [0, 0.05) is 50.0 Å². The van der Waals surface area contributed by atoms with Gasteiger partial charge in [0.05, 0.1) is 23.1 Å². The highest BCUT2D eigenvalue weighted by Crippen LogP contribution is 2.54. The molecule has 44 heavy (non-hydrogen) atoms. The highest BCUT2D eigenvalue weighted by molar-refractivity contribution is 5.95. The van der Waals surface area contributed by atoms with Crippen molar-refractivity contribution in [2.75, 3.05) is 38.0 Å². The predicted molar refractivity (Wildman–Crippen MR) is 152 cm³/mol. The molecular weight excluding hydrogens is 579 g/mol. The van der Waals surface area contributed by atoms with Gasteiger partial charge in [-0.1, -0.05) is 13.0 Å². The zero-order chi connectivity index (χ0) is 30.6. The molecule has 0 unspecified atom stereocenters. The minimum atomic E-state index is -4.59. The van der Waals surface area contributed by atoms with Gasteiger partial charge in [-0.3, -0.25) is 15.0 Å². The summed E-state index contributed by atoms with van der Waals surface area (Å²) in [7, 11) is 0. The van der Waals surface area contributed by atoms with Gasteiger partial charge in [-0.2, -0.15) is 13.2 Å². The van der Waals surface area contributed by atoms with Crippen LogP contribution in [0, 0.1) is 0 Å². The normalized spacial score (nSPS) is 22.5. The maximum atomic E-state index is 14.1. The molecule has 13 heteroatoms. The average molecular weight is 610 g/mol. The molecule has 1 saturated carbocycles. The molecule has 0 radical (unpaired) electrons. The molecule has 4 heterocycles. The van der Waals surface area contributed by atoms with E-state index < -0.39 is 23.7 Å². The molecule has 0 spiro atoms. The number of carbonyl (C=O) groups excluding carboxylic acids is 2. The van der Waals surface area contributed by atoms with Gasteiger partial charge in [-0.05, 0) is 48.5 Å². The molecule has 3 aliphatic heterocycles. The molecule has 4 aliphatic rings. The summed E-state index contributed by atoms with van der Waals surface area (Å²) in [6, 6.07) is 10.5. The molecule has 10 nitrogen and oxygen atoms in total. The number of cyclic esters (lactones) is 1. The van der Waals surface area contributed by atoms with Gasteiger partial charge < -0.3 is 24.4 Å². The van der Waals surface area contributed by atoms with Gasteiger partial charge in [0.15, 0.2) is 0 Å². The highest BCUT2D eigenvalue weighted by Gasteiger charge is 2.59. The Bertz CT molecular complexity index is 1620. The summed E-state index contributed by atoms with van der Waals surface area (Å²) in [5.41, 5.74) is 0.763. The fourth-order valence-corrected chi connectivity index (χ4v) is 6.15. The van der Waals surface area contributed by atoms with Crippen molar-refractivity contribution in [3.05, 3.63) is 76.5 Å². The average Bonchev–Trinajstić information content (AvgIpc) is 3.53. The lowest BCUT2D eigenvalue weighted by Crippen LogP contribution is -2.45.